The van der Waals surface area contributed by atoms with Crippen LogP contribution in [-0.4, -0.2) is 59.2 Å². The Morgan fingerprint density at radius 3 is 3.27 bits per heavy atom. The maximum absolute atomic E-state index is 11.9. The SMILES string of the molecule is CC1CN(CCNC(=O)Nc2ccc3nccn3c2)CCO1. The number of amides is 2. The number of urea groups is 1. The topological polar surface area (TPSA) is 70.9 Å². The molecule has 0 spiro atoms. The molecule has 7 nitrogen and oxygen atoms in total. The molecule has 0 aromatic carbocycles. The van der Waals surface area contributed by atoms with E-state index in [0.717, 1.165) is 37.6 Å². The summed E-state index contributed by atoms with van der Waals surface area (Å²) in [5.74, 6) is 0. The minimum atomic E-state index is -0.194. The molecule has 0 aliphatic carbocycles. The summed E-state index contributed by atoms with van der Waals surface area (Å²) in [7, 11) is 0. The molecule has 1 atom stereocenters. The van der Waals surface area contributed by atoms with E-state index >= 15 is 0 Å². The molecule has 1 saturated heterocycles. The molecular formula is C15H21N5O2. The van der Waals surface area contributed by atoms with Crippen molar-refractivity contribution in [3.05, 3.63) is 30.7 Å². The Bertz CT molecular complexity index is 642. The molecule has 2 amide bonds. The molecule has 0 radical (unpaired) electrons. The highest BCUT2D eigenvalue weighted by Crippen LogP contribution is 2.09. The second-order valence-electron chi connectivity index (χ2n) is 5.47. The number of hydrogen-bond donors (Lipinski definition) is 2. The van der Waals surface area contributed by atoms with Crippen LogP contribution in [0.15, 0.2) is 30.7 Å². The molecule has 2 aromatic heterocycles. The van der Waals surface area contributed by atoms with Crippen LogP contribution < -0.4 is 10.6 Å². The Morgan fingerprint density at radius 2 is 2.41 bits per heavy atom. The van der Waals surface area contributed by atoms with Crippen LogP contribution in [-0.2, 0) is 4.74 Å². The van der Waals surface area contributed by atoms with Crippen LogP contribution in [0.25, 0.3) is 5.65 Å². The lowest BCUT2D eigenvalue weighted by atomic mass is 10.3. The van der Waals surface area contributed by atoms with Gasteiger partial charge in [-0.3, -0.25) is 4.90 Å². The van der Waals surface area contributed by atoms with Gasteiger partial charge in [0.25, 0.3) is 0 Å². The minimum Gasteiger partial charge on any atom is -0.376 e. The lowest BCUT2D eigenvalue weighted by Gasteiger charge is -2.30. The first-order valence-corrected chi connectivity index (χ1v) is 7.52. The zero-order chi connectivity index (χ0) is 15.4. The van der Waals surface area contributed by atoms with Crippen molar-refractivity contribution in [3.8, 4) is 0 Å². The van der Waals surface area contributed by atoms with Gasteiger partial charge < -0.3 is 19.8 Å². The average Bonchev–Trinajstić information content (AvgIpc) is 2.95. The van der Waals surface area contributed by atoms with Crippen molar-refractivity contribution < 1.29 is 9.53 Å². The van der Waals surface area contributed by atoms with Gasteiger partial charge in [0.05, 0.1) is 18.4 Å². The first-order chi connectivity index (χ1) is 10.7. The van der Waals surface area contributed by atoms with Crippen LogP contribution in [0.5, 0.6) is 0 Å². The predicted molar refractivity (Wildman–Crippen MR) is 84.1 cm³/mol. The highest BCUT2D eigenvalue weighted by molar-refractivity contribution is 5.89. The van der Waals surface area contributed by atoms with E-state index in [2.05, 4.69) is 27.4 Å². The van der Waals surface area contributed by atoms with E-state index in [9.17, 15) is 4.79 Å². The quantitative estimate of drug-likeness (QED) is 0.889. The fraction of sp³-hybridized carbons (Fsp3) is 0.467. The zero-order valence-electron chi connectivity index (χ0n) is 12.7. The molecule has 0 bridgehead atoms. The fourth-order valence-corrected chi connectivity index (χ4v) is 2.59. The molecule has 22 heavy (non-hydrogen) atoms. The molecule has 3 rings (SSSR count). The number of nitrogens with one attached hydrogen (secondary N) is 2. The number of nitrogens with zero attached hydrogens (tertiary/aromatic N) is 3. The number of anilines is 1. The summed E-state index contributed by atoms with van der Waals surface area (Å²) in [5.41, 5.74) is 1.59. The molecule has 3 heterocycles. The highest BCUT2D eigenvalue weighted by Gasteiger charge is 2.16. The van der Waals surface area contributed by atoms with E-state index in [0.29, 0.717) is 6.54 Å². The zero-order valence-corrected chi connectivity index (χ0v) is 12.7. The number of ether oxygens (including phenoxy) is 1. The van der Waals surface area contributed by atoms with Gasteiger partial charge in [-0.05, 0) is 19.1 Å². The van der Waals surface area contributed by atoms with E-state index in [1.54, 1.807) is 6.20 Å². The van der Waals surface area contributed by atoms with Gasteiger partial charge in [0, 0.05) is 44.8 Å². The van der Waals surface area contributed by atoms with Crippen LogP contribution in [0.3, 0.4) is 0 Å². The predicted octanol–water partition coefficient (Wildman–Crippen LogP) is 1.18. The third kappa shape index (κ3) is 3.75. The molecule has 118 valence electrons. The Balaban J connectivity index is 1.44. The Hall–Kier alpha value is -2.12. The summed E-state index contributed by atoms with van der Waals surface area (Å²) in [4.78, 5) is 18.4. The van der Waals surface area contributed by atoms with Gasteiger partial charge in [0.15, 0.2) is 0 Å². The number of aromatic nitrogens is 2. The Labute approximate surface area is 129 Å². The van der Waals surface area contributed by atoms with Crippen LogP contribution in [0.4, 0.5) is 10.5 Å². The van der Waals surface area contributed by atoms with E-state index in [-0.39, 0.29) is 12.1 Å². The van der Waals surface area contributed by atoms with Gasteiger partial charge in [-0.15, -0.1) is 0 Å². The molecule has 0 saturated carbocycles. The lowest BCUT2D eigenvalue weighted by molar-refractivity contribution is -0.0174. The fourth-order valence-electron chi connectivity index (χ4n) is 2.59. The molecule has 2 aromatic rings. The maximum atomic E-state index is 11.9. The summed E-state index contributed by atoms with van der Waals surface area (Å²) in [6.07, 6.45) is 5.68. The van der Waals surface area contributed by atoms with E-state index in [1.807, 2.05) is 28.9 Å². The van der Waals surface area contributed by atoms with Gasteiger partial charge in [-0.2, -0.15) is 0 Å². The van der Waals surface area contributed by atoms with Crippen LogP contribution in [0.1, 0.15) is 6.92 Å². The van der Waals surface area contributed by atoms with Crippen molar-refractivity contribution in [2.45, 2.75) is 13.0 Å². The molecule has 2 N–H and O–H groups in total. The second-order valence-corrected chi connectivity index (χ2v) is 5.47. The number of rotatable bonds is 4. The summed E-state index contributed by atoms with van der Waals surface area (Å²) >= 11 is 0. The van der Waals surface area contributed by atoms with Gasteiger partial charge in [0.2, 0.25) is 0 Å². The van der Waals surface area contributed by atoms with Gasteiger partial charge >= 0.3 is 6.03 Å². The molecule has 1 aliphatic rings. The molecule has 1 unspecified atom stereocenters. The highest BCUT2D eigenvalue weighted by atomic mass is 16.5. The number of carbonyl (C=O) groups is 1. The number of hydrogen-bond acceptors (Lipinski definition) is 4. The van der Waals surface area contributed by atoms with Crippen LogP contribution >= 0.6 is 0 Å². The maximum Gasteiger partial charge on any atom is 0.319 e. The standard InChI is InChI=1S/C15H21N5O2/c1-12-10-19(8-9-22-12)6-4-17-15(21)18-13-2-3-14-16-5-7-20(14)11-13/h2-3,5,7,11-12H,4,6,8-10H2,1H3,(H2,17,18,21). The smallest absolute Gasteiger partial charge is 0.319 e. The minimum absolute atomic E-state index is 0.194. The lowest BCUT2D eigenvalue weighted by Crippen LogP contribution is -2.45. The molecule has 1 fully saturated rings. The Morgan fingerprint density at radius 1 is 1.50 bits per heavy atom. The van der Waals surface area contributed by atoms with Crippen molar-refractivity contribution in [1.82, 2.24) is 19.6 Å². The number of imidazole rings is 1. The second kappa shape index (κ2) is 6.76. The summed E-state index contributed by atoms with van der Waals surface area (Å²) in [6, 6.07) is 3.51. The van der Waals surface area contributed by atoms with Crippen molar-refractivity contribution in [2.24, 2.45) is 0 Å². The molecule has 7 heteroatoms. The largest absolute Gasteiger partial charge is 0.376 e. The number of pyridine rings is 1. The average molecular weight is 303 g/mol. The van der Waals surface area contributed by atoms with Crippen molar-refractivity contribution in [2.75, 3.05) is 38.1 Å². The first kappa shape index (κ1) is 14.8. The van der Waals surface area contributed by atoms with Crippen LogP contribution in [0, 0.1) is 0 Å². The Kier molecular flexibility index (Phi) is 4.55. The first-order valence-electron chi connectivity index (χ1n) is 7.52. The van der Waals surface area contributed by atoms with Crippen LogP contribution in [0.2, 0.25) is 0 Å². The van der Waals surface area contributed by atoms with E-state index in [1.165, 1.54) is 0 Å². The van der Waals surface area contributed by atoms with Crippen molar-refractivity contribution in [3.63, 3.8) is 0 Å². The van der Waals surface area contributed by atoms with E-state index < -0.39 is 0 Å². The number of morpholine rings is 1. The van der Waals surface area contributed by atoms with E-state index in [4.69, 9.17) is 4.74 Å². The number of fused-ring (bicyclic) bond motifs is 1. The summed E-state index contributed by atoms with van der Waals surface area (Å²) < 4.78 is 7.36. The van der Waals surface area contributed by atoms with Gasteiger partial charge in [-0.1, -0.05) is 0 Å². The van der Waals surface area contributed by atoms with Gasteiger partial charge in [0.1, 0.15) is 5.65 Å². The summed E-state index contributed by atoms with van der Waals surface area (Å²) in [6.45, 7) is 6.12. The normalized spacial score (nSPS) is 19.2. The third-order valence-corrected chi connectivity index (χ3v) is 3.69. The molecule has 1 aliphatic heterocycles. The third-order valence-electron chi connectivity index (χ3n) is 3.69. The monoisotopic (exact) mass is 303 g/mol. The molecular weight excluding hydrogens is 282 g/mol. The summed E-state index contributed by atoms with van der Waals surface area (Å²) in [5, 5.41) is 5.71. The number of carbonyl (C=O) groups excluding carboxylic acids is 1. The van der Waals surface area contributed by atoms with Crippen molar-refractivity contribution in [1.29, 1.82) is 0 Å². The van der Waals surface area contributed by atoms with Gasteiger partial charge in [-0.25, -0.2) is 9.78 Å². The van der Waals surface area contributed by atoms with Crippen molar-refractivity contribution >= 4 is 17.4 Å².